The predicted molar refractivity (Wildman–Crippen MR) is 149 cm³/mol. The van der Waals surface area contributed by atoms with Gasteiger partial charge >= 0.3 is 0 Å². The van der Waals surface area contributed by atoms with Gasteiger partial charge < -0.3 is 15.2 Å². The molecule has 4 rings (SSSR count). The number of carbonyl (C=O) groups excluding carboxylic acids is 1. The Morgan fingerprint density at radius 3 is 2.34 bits per heavy atom. The lowest BCUT2D eigenvalue weighted by Crippen LogP contribution is -2.34. The van der Waals surface area contributed by atoms with E-state index in [0.29, 0.717) is 29.8 Å². The highest BCUT2D eigenvalue weighted by atomic mass is 19.1. The lowest BCUT2D eigenvalue weighted by Gasteiger charge is -2.43. The number of nitrogens with one attached hydrogen (secondary N) is 1. The van der Waals surface area contributed by atoms with E-state index in [0.717, 1.165) is 35.3 Å². The number of benzene rings is 3. The third-order valence-corrected chi connectivity index (χ3v) is 7.37. The van der Waals surface area contributed by atoms with Gasteiger partial charge in [-0.3, -0.25) is 4.79 Å². The molecule has 0 saturated carbocycles. The first-order valence-corrected chi connectivity index (χ1v) is 13.1. The molecule has 0 bridgehead atoms. The van der Waals surface area contributed by atoms with Gasteiger partial charge in [-0.15, -0.1) is 0 Å². The van der Waals surface area contributed by atoms with Gasteiger partial charge in [0.2, 0.25) is 0 Å². The Kier molecular flexibility index (Phi) is 7.94. The normalized spacial score (nSPS) is 16.0. The largest absolute Gasteiger partial charge is 0.489 e. The zero-order valence-electron chi connectivity index (χ0n) is 22.8. The van der Waals surface area contributed by atoms with Crippen LogP contribution in [-0.2, 0) is 17.4 Å². The highest BCUT2D eigenvalue weighted by Gasteiger charge is 2.40. The number of fused-ring (bicyclic) bond motifs is 1. The number of hydrogen-bond donors (Lipinski definition) is 2. The zero-order chi connectivity index (χ0) is 27.5. The summed E-state index contributed by atoms with van der Waals surface area (Å²) in [6.07, 6.45) is 1.03. The smallest absolute Gasteiger partial charge is 0.251 e. The first-order valence-electron chi connectivity index (χ1n) is 13.1. The Bertz CT molecular complexity index is 1360. The highest BCUT2D eigenvalue weighted by molar-refractivity contribution is 5.94. The predicted octanol–water partition coefficient (Wildman–Crippen LogP) is 6.59. The monoisotopic (exact) mass is 513 g/mol. The van der Waals surface area contributed by atoms with Crippen LogP contribution in [0.3, 0.4) is 0 Å². The van der Waals surface area contributed by atoms with Crippen LogP contribution in [0.4, 0.5) is 4.39 Å². The number of hydrogen-bond acceptors (Lipinski definition) is 3. The molecule has 198 valence electrons. The fraction of sp³-hybridized carbons (Fsp3) is 0.364. The standard InChI is InChI=1S/C33H36FNO3/c1-6-35-31(37)24-12-7-22(8-13-24)11-16-28(36)25-19-27-30(33(4,5)18-17-32(27,2)3)29(20-25)38-21-23-9-14-26(34)15-10-23/h7-10,12-15,19-20,28,36H,6,17-18,21H2,1-5H3,(H,35,37). The van der Waals surface area contributed by atoms with Gasteiger partial charge in [0.05, 0.1) is 0 Å². The van der Waals surface area contributed by atoms with Crippen LogP contribution in [0, 0.1) is 17.7 Å². The number of ether oxygens (including phenoxy) is 1. The van der Waals surface area contributed by atoms with Crippen molar-refractivity contribution in [1.82, 2.24) is 5.32 Å². The molecule has 4 nitrogen and oxygen atoms in total. The number of halogens is 1. The van der Waals surface area contributed by atoms with E-state index in [1.807, 2.05) is 13.0 Å². The fourth-order valence-electron chi connectivity index (χ4n) is 4.97. The second kappa shape index (κ2) is 11.0. The van der Waals surface area contributed by atoms with Crippen molar-refractivity contribution in [3.63, 3.8) is 0 Å². The lowest BCUT2D eigenvalue weighted by atomic mass is 9.62. The summed E-state index contributed by atoms with van der Waals surface area (Å²) >= 11 is 0. The van der Waals surface area contributed by atoms with Crippen molar-refractivity contribution < 1.29 is 19.0 Å². The average Bonchev–Trinajstić information content (AvgIpc) is 2.89. The Hall–Kier alpha value is -3.62. The van der Waals surface area contributed by atoms with Gasteiger partial charge in [-0.1, -0.05) is 57.7 Å². The van der Waals surface area contributed by atoms with Crippen molar-refractivity contribution in [2.75, 3.05) is 6.54 Å². The number of aliphatic hydroxyl groups excluding tert-OH is 1. The zero-order valence-corrected chi connectivity index (χ0v) is 22.8. The van der Waals surface area contributed by atoms with Crippen molar-refractivity contribution in [3.8, 4) is 17.6 Å². The molecule has 1 unspecified atom stereocenters. The van der Waals surface area contributed by atoms with E-state index in [9.17, 15) is 14.3 Å². The second-order valence-corrected chi connectivity index (χ2v) is 11.2. The van der Waals surface area contributed by atoms with Crippen LogP contribution in [-0.4, -0.2) is 17.6 Å². The summed E-state index contributed by atoms with van der Waals surface area (Å²) in [7, 11) is 0. The number of rotatable bonds is 6. The van der Waals surface area contributed by atoms with E-state index < -0.39 is 6.10 Å². The third-order valence-electron chi connectivity index (χ3n) is 7.37. The summed E-state index contributed by atoms with van der Waals surface area (Å²) in [6.45, 7) is 11.6. The van der Waals surface area contributed by atoms with Crippen molar-refractivity contribution in [2.45, 2.75) is 71.0 Å². The van der Waals surface area contributed by atoms with Crippen LogP contribution >= 0.6 is 0 Å². The van der Waals surface area contributed by atoms with E-state index in [2.05, 4.69) is 50.9 Å². The van der Waals surface area contributed by atoms with Gasteiger partial charge in [0.1, 0.15) is 24.3 Å². The molecule has 38 heavy (non-hydrogen) atoms. The van der Waals surface area contributed by atoms with E-state index in [4.69, 9.17) is 4.74 Å². The Morgan fingerprint density at radius 2 is 1.68 bits per heavy atom. The van der Waals surface area contributed by atoms with Gasteiger partial charge in [-0.25, -0.2) is 4.39 Å². The van der Waals surface area contributed by atoms with Gasteiger partial charge in [0.25, 0.3) is 5.91 Å². The van der Waals surface area contributed by atoms with Crippen molar-refractivity contribution >= 4 is 5.91 Å². The first-order chi connectivity index (χ1) is 18.0. The number of amides is 1. The van der Waals surface area contributed by atoms with Crippen molar-refractivity contribution in [3.05, 3.63) is 99.9 Å². The molecular weight excluding hydrogens is 477 g/mol. The summed E-state index contributed by atoms with van der Waals surface area (Å²) in [6, 6.07) is 17.3. The fourth-order valence-corrected chi connectivity index (χ4v) is 4.97. The van der Waals surface area contributed by atoms with Crippen LogP contribution in [0.5, 0.6) is 5.75 Å². The summed E-state index contributed by atoms with van der Waals surface area (Å²) < 4.78 is 19.7. The summed E-state index contributed by atoms with van der Waals surface area (Å²) in [4.78, 5) is 12.0. The highest BCUT2D eigenvalue weighted by Crippen LogP contribution is 2.50. The topological polar surface area (TPSA) is 58.6 Å². The first kappa shape index (κ1) is 27.4. The summed E-state index contributed by atoms with van der Waals surface area (Å²) in [5.74, 6) is 6.31. The van der Waals surface area contributed by atoms with Gasteiger partial charge in [-0.2, -0.15) is 0 Å². The molecule has 3 aromatic rings. The number of carbonyl (C=O) groups is 1. The molecule has 5 heteroatoms. The van der Waals surface area contributed by atoms with Crippen LogP contribution in [0.15, 0.2) is 60.7 Å². The van der Waals surface area contributed by atoms with Gasteiger partial charge in [-0.05, 0) is 89.8 Å². The molecule has 0 radical (unpaired) electrons. The van der Waals surface area contributed by atoms with Crippen LogP contribution in [0.2, 0.25) is 0 Å². The molecule has 0 fully saturated rings. The Balaban J connectivity index is 1.67. The molecule has 2 N–H and O–H groups in total. The van der Waals surface area contributed by atoms with Crippen molar-refractivity contribution in [1.29, 1.82) is 0 Å². The minimum atomic E-state index is -1.02. The SMILES string of the molecule is CCNC(=O)c1ccc(C#CC(O)c2cc(OCc3ccc(F)cc3)c3c(c2)C(C)(C)CCC3(C)C)cc1. The molecule has 0 spiro atoms. The molecule has 1 atom stereocenters. The molecule has 3 aromatic carbocycles. The average molecular weight is 514 g/mol. The quantitative estimate of drug-likeness (QED) is 0.366. The maximum absolute atomic E-state index is 13.4. The summed E-state index contributed by atoms with van der Waals surface area (Å²) in [5.41, 5.74) is 4.96. The lowest BCUT2D eigenvalue weighted by molar-refractivity contribution is 0.0956. The molecule has 0 aliphatic heterocycles. The maximum Gasteiger partial charge on any atom is 0.251 e. The molecule has 0 saturated heterocycles. The van der Waals surface area contributed by atoms with Crippen molar-refractivity contribution in [2.24, 2.45) is 0 Å². The Morgan fingerprint density at radius 1 is 1.03 bits per heavy atom. The summed E-state index contributed by atoms with van der Waals surface area (Å²) in [5, 5.41) is 13.9. The van der Waals surface area contributed by atoms with Gasteiger partial charge in [0.15, 0.2) is 0 Å². The van der Waals surface area contributed by atoms with Crippen LogP contribution in [0.25, 0.3) is 0 Å². The van der Waals surface area contributed by atoms with E-state index in [1.54, 1.807) is 36.4 Å². The molecule has 0 heterocycles. The molecular formula is C33H36FNO3. The second-order valence-electron chi connectivity index (χ2n) is 11.2. The van der Waals surface area contributed by atoms with E-state index in [1.165, 1.54) is 12.1 Å². The minimum absolute atomic E-state index is 0.0864. The van der Waals surface area contributed by atoms with E-state index in [-0.39, 0.29) is 22.6 Å². The van der Waals surface area contributed by atoms with Gasteiger partial charge in [0, 0.05) is 23.2 Å². The minimum Gasteiger partial charge on any atom is -0.489 e. The van der Waals surface area contributed by atoms with E-state index >= 15 is 0 Å². The van der Waals surface area contributed by atoms with Crippen LogP contribution < -0.4 is 10.1 Å². The molecule has 1 amide bonds. The Labute approximate surface area is 225 Å². The molecule has 0 aromatic heterocycles. The molecule has 1 aliphatic rings. The van der Waals surface area contributed by atoms with Crippen LogP contribution in [0.1, 0.15) is 91.7 Å². The maximum atomic E-state index is 13.4. The number of aliphatic hydroxyl groups is 1. The third kappa shape index (κ3) is 6.09. The molecule has 1 aliphatic carbocycles.